The minimum Gasteiger partial charge on any atom is -0.259 e. The summed E-state index contributed by atoms with van der Waals surface area (Å²) in [5, 5.41) is 0. The Kier molecular flexibility index (Phi) is 3.81. The summed E-state index contributed by atoms with van der Waals surface area (Å²) in [7, 11) is 0. The van der Waals surface area contributed by atoms with Crippen LogP contribution >= 0.6 is 12.8 Å². The topological polar surface area (TPSA) is 29.1 Å². The van der Waals surface area contributed by atoms with E-state index in [9.17, 15) is 9.18 Å². The molecule has 0 fully saturated rings. The largest absolute Gasteiger partial charge is 0.319 e. The van der Waals surface area contributed by atoms with E-state index in [4.69, 9.17) is 0 Å². The van der Waals surface area contributed by atoms with Gasteiger partial charge < -0.3 is 0 Å². The number of thiol groups is 1. The van der Waals surface area contributed by atoms with Gasteiger partial charge in [-0.15, -0.1) is 0 Å². The molecule has 0 aromatic carbocycles. The summed E-state index contributed by atoms with van der Waals surface area (Å²) in [5.74, 6) is 0. The van der Waals surface area contributed by atoms with E-state index in [0.29, 0.717) is 6.42 Å². The molecule has 0 saturated carbocycles. The van der Waals surface area contributed by atoms with Gasteiger partial charge in [-0.1, -0.05) is 19.7 Å². The van der Waals surface area contributed by atoms with Crippen LogP contribution in [0.4, 0.5) is 4.39 Å². The Bertz CT molecular complexity index is 84.1. The Morgan fingerprint density at radius 1 is 2.00 bits per heavy atom. The van der Waals surface area contributed by atoms with Crippen molar-refractivity contribution in [2.45, 2.75) is 19.4 Å². The first-order chi connectivity index (χ1) is 3.72. The zero-order valence-corrected chi connectivity index (χ0v) is 5.41. The van der Waals surface area contributed by atoms with Crippen LogP contribution in [0.25, 0.3) is 0 Å². The molecule has 0 saturated heterocycles. The van der Waals surface area contributed by atoms with Crippen LogP contribution in [0.15, 0.2) is 0 Å². The molecule has 8 heavy (non-hydrogen) atoms. The number of halogens is 1. The fourth-order valence-electron chi connectivity index (χ4n) is 0.303. The van der Waals surface area contributed by atoms with Crippen LogP contribution in [-0.2, 0) is 4.79 Å². The quantitative estimate of drug-likeness (QED) is 0.443. The van der Waals surface area contributed by atoms with Crippen LogP contribution in [0.1, 0.15) is 13.3 Å². The maximum Gasteiger partial charge on any atom is 0.319 e. The fourth-order valence-corrected chi connectivity index (χ4v) is 0.587. The van der Waals surface area contributed by atoms with Crippen molar-refractivity contribution < 1.29 is 9.18 Å². The molecule has 0 bridgehead atoms. The van der Waals surface area contributed by atoms with Crippen LogP contribution < -0.4 is 4.72 Å². The van der Waals surface area contributed by atoms with Gasteiger partial charge in [-0.05, 0) is 6.42 Å². The Morgan fingerprint density at radius 3 is 2.50 bits per heavy atom. The average Bonchev–Trinajstić information content (AvgIpc) is 1.69. The van der Waals surface area contributed by atoms with Gasteiger partial charge in [0, 0.05) is 0 Å². The molecule has 0 aliphatic heterocycles. The lowest BCUT2D eigenvalue weighted by Gasteiger charge is -2.02. The summed E-state index contributed by atoms with van der Waals surface area (Å²) in [5.41, 5.74) is 0. The molecule has 2 nitrogen and oxygen atoms in total. The van der Waals surface area contributed by atoms with Gasteiger partial charge in [0.1, 0.15) is 6.04 Å². The average molecular weight is 137 g/mol. The lowest BCUT2D eigenvalue weighted by atomic mass is 10.3. The van der Waals surface area contributed by atoms with E-state index in [1.807, 2.05) is 0 Å². The molecule has 0 amide bonds. The molecule has 4 heteroatoms. The molecule has 0 aromatic rings. The predicted molar refractivity (Wildman–Crippen MR) is 32.3 cm³/mol. The van der Waals surface area contributed by atoms with Crippen LogP contribution in [-0.4, -0.2) is 12.1 Å². The molecule has 1 unspecified atom stereocenters. The van der Waals surface area contributed by atoms with Crippen molar-refractivity contribution in [3.63, 3.8) is 0 Å². The Labute approximate surface area is 53.0 Å². The number of hydrogen-bond donors (Lipinski definition) is 2. The molecule has 0 aromatic heterocycles. The highest BCUT2D eigenvalue weighted by Crippen LogP contribution is 1.93. The molecular formula is C4H8FNOS. The van der Waals surface area contributed by atoms with Crippen LogP contribution in [0.2, 0.25) is 0 Å². The maximum atomic E-state index is 11.6. The molecule has 0 aliphatic carbocycles. The number of carbonyl (C=O) groups is 1. The van der Waals surface area contributed by atoms with E-state index in [2.05, 4.69) is 17.5 Å². The second kappa shape index (κ2) is 3.86. The third-order valence-electron chi connectivity index (χ3n) is 0.838. The van der Waals surface area contributed by atoms with Gasteiger partial charge in [-0.3, -0.25) is 9.52 Å². The van der Waals surface area contributed by atoms with Gasteiger partial charge in [0.05, 0.1) is 0 Å². The van der Waals surface area contributed by atoms with Gasteiger partial charge >= 0.3 is 6.04 Å². The second-order valence-electron chi connectivity index (χ2n) is 1.39. The molecule has 0 heterocycles. The third-order valence-corrected chi connectivity index (χ3v) is 1.15. The summed E-state index contributed by atoms with van der Waals surface area (Å²) >= 11 is 3.52. The molecule has 0 spiro atoms. The zero-order chi connectivity index (χ0) is 6.57. The summed E-state index contributed by atoms with van der Waals surface area (Å²) in [6.45, 7) is 1.70. The van der Waals surface area contributed by atoms with Gasteiger partial charge in [0.2, 0.25) is 0 Å². The SMILES string of the molecule is CCC(NS)C(=O)F. The summed E-state index contributed by atoms with van der Waals surface area (Å²) in [6.07, 6.45) is 0.429. The Balaban J connectivity index is 3.52. The summed E-state index contributed by atoms with van der Waals surface area (Å²) in [6, 6.07) is -2.10. The maximum absolute atomic E-state index is 11.6. The summed E-state index contributed by atoms with van der Waals surface area (Å²) < 4.78 is 13.8. The van der Waals surface area contributed by atoms with Crippen molar-refractivity contribution in [2.24, 2.45) is 0 Å². The number of rotatable bonds is 3. The van der Waals surface area contributed by atoms with Crippen LogP contribution in [0.5, 0.6) is 0 Å². The number of carbonyl (C=O) groups excluding carboxylic acids is 1. The minimum absolute atomic E-state index is 0.429. The predicted octanol–water partition coefficient (Wildman–Crippen LogP) is 0.695. The van der Waals surface area contributed by atoms with Crippen molar-refractivity contribution in [3.05, 3.63) is 0 Å². The van der Waals surface area contributed by atoms with Gasteiger partial charge in [-0.2, -0.15) is 4.39 Å². The number of nitrogens with one attached hydrogen (secondary N) is 1. The van der Waals surface area contributed by atoms with Crippen molar-refractivity contribution in [3.8, 4) is 0 Å². The first-order valence-electron chi connectivity index (χ1n) is 2.31. The highest BCUT2D eigenvalue weighted by molar-refractivity contribution is 7.78. The molecule has 0 aliphatic rings. The van der Waals surface area contributed by atoms with Gasteiger partial charge in [-0.25, -0.2) is 0 Å². The lowest BCUT2D eigenvalue weighted by Crippen LogP contribution is -2.26. The molecule has 0 rings (SSSR count). The van der Waals surface area contributed by atoms with Crippen molar-refractivity contribution in [1.82, 2.24) is 4.72 Å². The Morgan fingerprint density at radius 2 is 2.50 bits per heavy atom. The van der Waals surface area contributed by atoms with E-state index >= 15 is 0 Å². The van der Waals surface area contributed by atoms with Crippen molar-refractivity contribution in [2.75, 3.05) is 0 Å². The third kappa shape index (κ3) is 2.28. The molecule has 1 atom stereocenters. The minimum atomic E-state index is -1.36. The molecular weight excluding hydrogens is 129 g/mol. The molecule has 0 radical (unpaired) electrons. The van der Waals surface area contributed by atoms with E-state index in [1.54, 1.807) is 6.92 Å². The fraction of sp³-hybridized carbons (Fsp3) is 0.750. The van der Waals surface area contributed by atoms with Crippen molar-refractivity contribution in [1.29, 1.82) is 0 Å². The first-order valence-corrected chi connectivity index (χ1v) is 2.76. The first kappa shape index (κ1) is 7.91. The normalized spacial score (nSPS) is 13.4. The monoisotopic (exact) mass is 137 g/mol. The standard InChI is InChI=1S/C4H8FNOS/c1-2-3(6-8)4(5)7/h3,6,8H,2H2,1H3. The van der Waals surface area contributed by atoms with E-state index < -0.39 is 12.1 Å². The summed E-state index contributed by atoms with van der Waals surface area (Å²) in [4.78, 5) is 9.83. The highest BCUT2D eigenvalue weighted by Gasteiger charge is 2.11. The smallest absolute Gasteiger partial charge is 0.259 e. The van der Waals surface area contributed by atoms with Crippen LogP contribution in [0.3, 0.4) is 0 Å². The van der Waals surface area contributed by atoms with Gasteiger partial charge in [0.15, 0.2) is 0 Å². The van der Waals surface area contributed by atoms with Crippen molar-refractivity contribution >= 4 is 18.9 Å². The Hall–Kier alpha value is -0.0900. The molecule has 48 valence electrons. The second-order valence-corrected chi connectivity index (χ2v) is 1.65. The van der Waals surface area contributed by atoms with Crippen LogP contribution in [0, 0.1) is 0 Å². The lowest BCUT2D eigenvalue weighted by molar-refractivity contribution is -0.131. The van der Waals surface area contributed by atoms with E-state index in [0.717, 1.165) is 0 Å². The number of hydrogen-bond acceptors (Lipinski definition) is 3. The van der Waals surface area contributed by atoms with Gasteiger partial charge in [0.25, 0.3) is 0 Å². The molecule has 1 N–H and O–H groups in total. The highest BCUT2D eigenvalue weighted by atomic mass is 32.1. The van der Waals surface area contributed by atoms with E-state index in [-0.39, 0.29) is 0 Å². The zero-order valence-electron chi connectivity index (χ0n) is 4.52. The van der Waals surface area contributed by atoms with E-state index in [1.165, 1.54) is 0 Å².